The van der Waals surface area contributed by atoms with Crippen LogP contribution in [0.3, 0.4) is 0 Å². The maximum absolute atomic E-state index is 5.69. The van der Waals surface area contributed by atoms with Crippen LogP contribution in [0.5, 0.6) is 11.5 Å². The highest BCUT2D eigenvalue weighted by atomic mass is 127. The molecule has 1 heterocycles. The largest absolute Gasteiger partial charge is 0.486 e. The lowest BCUT2D eigenvalue weighted by molar-refractivity contribution is 0.171. The van der Waals surface area contributed by atoms with Gasteiger partial charge in [-0.05, 0) is 24.0 Å². The van der Waals surface area contributed by atoms with Gasteiger partial charge in [0.2, 0.25) is 0 Å². The van der Waals surface area contributed by atoms with E-state index in [0.717, 1.165) is 36.3 Å². The van der Waals surface area contributed by atoms with Crippen molar-refractivity contribution >= 4 is 41.7 Å². The van der Waals surface area contributed by atoms with Gasteiger partial charge in [-0.1, -0.05) is 19.9 Å². The Bertz CT molecular complexity index is 553. The summed E-state index contributed by atoms with van der Waals surface area (Å²) in [6.07, 6.45) is 2.10. The van der Waals surface area contributed by atoms with E-state index in [2.05, 4.69) is 47.9 Å². The number of fused-ring (bicyclic) bond motifs is 1. The van der Waals surface area contributed by atoms with Gasteiger partial charge in [0.15, 0.2) is 17.5 Å². The molecule has 5 nitrogen and oxygen atoms in total. The molecule has 0 aliphatic carbocycles. The van der Waals surface area contributed by atoms with E-state index in [1.54, 1.807) is 7.05 Å². The Balaban J connectivity index is 0.00000288. The van der Waals surface area contributed by atoms with E-state index < -0.39 is 0 Å². The van der Waals surface area contributed by atoms with Crippen molar-refractivity contribution in [3.05, 3.63) is 23.8 Å². The topological polar surface area (TPSA) is 54.9 Å². The van der Waals surface area contributed by atoms with Crippen LogP contribution < -0.4 is 20.1 Å². The predicted molar refractivity (Wildman–Crippen MR) is 114 cm³/mol. The first-order valence-corrected chi connectivity index (χ1v) is 9.30. The second-order valence-corrected chi connectivity index (χ2v) is 7.07. The molecule has 0 atom stereocenters. The Morgan fingerprint density at radius 2 is 1.92 bits per heavy atom. The summed E-state index contributed by atoms with van der Waals surface area (Å²) < 4.78 is 11.3. The molecule has 1 aliphatic heterocycles. The summed E-state index contributed by atoms with van der Waals surface area (Å²) in [6.45, 7) is 7.34. The van der Waals surface area contributed by atoms with Gasteiger partial charge in [-0.15, -0.1) is 24.0 Å². The number of rotatable bonds is 6. The number of thioether (sulfide) groups is 1. The van der Waals surface area contributed by atoms with E-state index in [4.69, 9.17) is 9.47 Å². The molecule has 0 unspecified atom stereocenters. The van der Waals surface area contributed by atoms with Crippen LogP contribution in [-0.2, 0) is 5.41 Å². The van der Waals surface area contributed by atoms with Crippen molar-refractivity contribution in [3.63, 3.8) is 0 Å². The first-order chi connectivity index (χ1) is 11.1. The Hall–Kier alpha value is -0.830. The van der Waals surface area contributed by atoms with Crippen LogP contribution >= 0.6 is 35.7 Å². The van der Waals surface area contributed by atoms with Gasteiger partial charge in [0.25, 0.3) is 0 Å². The van der Waals surface area contributed by atoms with Gasteiger partial charge in [-0.3, -0.25) is 4.99 Å². The van der Waals surface area contributed by atoms with Crippen LogP contribution in [0.25, 0.3) is 0 Å². The second-order valence-electron chi connectivity index (χ2n) is 6.09. The minimum atomic E-state index is -0.0486. The van der Waals surface area contributed by atoms with Gasteiger partial charge in [-0.25, -0.2) is 0 Å². The first kappa shape index (κ1) is 21.2. The number of guanidine groups is 1. The third-order valence-electron chi connectivity index (χ3n) is 3.84. The van der Waals surface area contributed by atoms with Gasteiger partial charge in [0.1, 0.15) is 13.2 Å². The van der Waals surface area contributed by atoms with Gasteiger partial charge in [0, 0.05) is 31.3 Å². The smallest absolute Gasteiger partial charge is 0.191 e. The van der Waals surface area contributed by atoms with Crippen LogP contribution in [0.2, 0.25) is 0 Å². The fourth-order valence-electron chi connectivity index (χ4n) is 2.36. The van der Waals surface area contributed by atoms with Crippen molar-refractivity contribution in [2.45, 2.75) is 19.3 Å². The summed E-state index contributed by atoms with van der Waals surface area (Å²) in [5.74, 6) is 3.57. The molecule has 136 valence electrons. The van der Waals surface area contributed by atoms with Crippen molar-refractivity contribution in [1.82, 2.24) is 10.6 Å². The molecule has 2 N–H and O–H groups in total. The molecule has 24 heavy (non-hydrogen) atoms. The van der Waals surface area contributed by atoms with Gasteiger partial charge >= 0.3 is 0 Å². The zero-order valence-electron chi connectivity index (χ0n) is 14.8. The van der Waals surface area contributed by atoms with Crippen molar-refractivity contribution in [2.75, 3.05) is 45.4 Å². The van der Waals surface area contributed by atoms with E-state index in [0.29, 0.717) is 13.2 Å². The summed E-state index contributed by atoms with van der Waals surface area (Å²) in [7, 11) is 1.80. The van der Waals surface area contributed by atoms with Crippen LogP contribution in [0, 0.1) is 0 Å². The summed E-state index contributed by atoms with van der Waals surface area (Å²) >= 11 is 1.82. The Kier molecular flexibility index (Phi) is 9.04. The molecule has 0 radical (unpaired) electrons. The molecule has 0 spiro atoms. The lowest BCUT2D eigenvalue weighted by Gasteiger charge is -2.28. The Morgan fingerprint density at radius 3 is 2.58 bits per heavy atom. The van der Waals surface area contributed by atoms with Gasteiger partial charge in [-0.2, -0.15) is 11.8 Å². The lowest BCUT2D eigenvalue weighted by atomic mass is 9.84. The average molecular weight is 465 g/mol. The number of ether oxygens (including phenoxy) is 2. The Labute approximate surface area is 166 Å². The number of benzene rings is 1. The summed E-state index contributed by atoms with van der Waals surface area (Å²) in [6, 6.07) is 6.19. The molecular formula is C17H28IN3O2S. The molecule has 0 bridgehead atoms. The number of halogens is 1. The normalized spacial score (nSPS) is 13.9. The third-order valence-corrected chi connectivity index (χ3v) is 4.46. The van der Waals surface area contributed by atoms with Crippen LogP contribution in [0.15, 0.2) is 23.2 Å². The number of nitrogens with zero attached hydrogens (tertiary/aromatic N) is 1. The van der Waals surface area contributed by atoms with E-state index in [9.17, 15) is 0 Å². The SMILES string of the molecule is CN=C(NCCSC)NCC(C)(C)c1ccc2c(c1)OCCO2.I. The quantitative estimate of drug-likeness (QED) is 0.293. The monoisotopic (exact) mass is 465 g/mol. The second kappa shape index (κ2) is 10.2. The zero-order valence-corrected chi connectivity index (χ0v) is 18.0. The molecule has 7 heteroatoms. The zero-order chi connectivity index (χ0) is 16.7. The molecule has 0 amide bonds. The molecule has 1 aliphatic rings. The number of hydrogen-bond acceptors (Lipinski definition) is 4. The maximum atomic E-state index is 5.69. The predicted octanol–water partition coefficient (Wildman–Crippen LogP) is 2.88. The highest BCUT2D eigenvalue weighted by Gasteiger charge is 2.23. The summed E-state index contributed by atoms with van der Waals surface area (Å²) in [4.78, 5) is 4.27. The first-order valence-electron chi connectivity index (χ1n) is 7.90. The minimum absolute atomic E-state index is 0. The fraction of sp³-hybridized carbons (Fsp3) is 0.588. The van der Waals surface area contributed by atoms with E-state index in [1.165, 1.54) is 5.56 Å². The Morgan fingerprint density at radius 1 is 1.21 bits per heavy atom. The van der Waals surface area contributed by atoms with Crippen LogP contribution in [0.1, 0.15) is 19.4 Å². The standard InChI is InChI=1S/C17H27N3O2S.HI/c1-17(2,12-20-16(18-3)19-7-10-23-4)13-5-6-14-15(11-13)22-9-8-21-14;/h5-6,11H,7-10,12H2,1-4H3,(H2,18,19,20);1H. The lowest BCUT2D eigenvalue weighted by Crippen LogP contribution is -2.44. The van der Waals surface area contributed by atoms with Crippen molar-refractivity contribution in [1.29, 1.82) is 0 Å². The molecular weight excluding hydrogens is 437 g/mol. The molecule has 1 aromatic rings. The van der Waals surface area contributed by atoms with Gasteiger partial charge < -0.3 is 20.1 Å². The average Bonchev–Trinajstić information content (AvgIpc) is 2.57. The highest BCUT2D eigenvalue weighted by molar-refractivity contribution is 14.0. The van der Waals surface area contributed by atoms with Crippen LogP contribution in [0.4, 0.5) is 0 Å². The number of hydrogen-bond donors (Lipinski definition) is 2. The molecule has 0 saturated heterocycles. The molecule has 0 aromatic heterocycles. The van der Waals surface area contributed by atoms with E-state index in [-0.39, 0.29) is 29.4 Å². The minimum Gasteiger partial charge on any atom is -0.486 e. The van der Waals surface area contributed by atoms with Crippen molar-refractivity contribution in [3.8, 4) is 11.5 Å². The highest BCUT2D eigenvalue weighted by Crippen LogP contribution is 2.34. The van der Waals surface area contributed by atoms with Crippen LogP contribution in [-0.4, -0.2) is 51.3 Å². The van der Waals surface area contributed by atoms with Crippen molar-refractivity contribution in [2.24, 2.45) is 4.99 Å². The summed E-state index contributed by atoms with van der Waals surface area (Å²) in [5.41, 5.74) is 1.17. The van der Waals surface area contributed by atoms with Crippen molar-refractivity contribution < 1.29 is 9.47 Å². The molecule has 2 rings (SSSR count). The maximum Gasteiger partial charge on any atom is 0.191 e. The molecule has 0 fully saturated rings. The molecule has 0 saturated carbocycles. The molecule has 1 aromatic carbocycles. The number of nitrogens with one attached hydrogen (secondary N) is 2. The third kappa shape index (κ3) is 5.91. The van der Waals surface area contributed by atoms with Gasteiger partial charge in [0.05, 0.1) is 0 Å². The van der Waals surface area contributed by atoms with E-state index >= 15 is 0 Å². The van der Waals surface area contributed by atoms with E-state index in [1.807, 2.05) is 17.8 Å². The fourth-order valence-corrected chi connectivity index (χ4v) is 2.67. The number of aliphatic imine (C=N–C) groups is 1. The summed E-state index contributed by atoms with van der Waals surface area (Å²) in [5, 5.41) is 6.72.